The van der Waals surface area contributed by atoms with E-state index < -0.39 is 11.4 Å². The van der Waals surface area contributed by atoms with Crippen molar-refractivity contribution in [2.24, 2.45) is 0 Å². The van der Waals surface area contributed by atoms with Gasteiger partial charge in [-0.1, -0.05) is 36.4 Å². The number of phenolic OH excluding ortho intramolecular Hbond substituents is 1. The Kier molecular flexibility index (Phi) is 4.63. The maximum Gasteiger partial charge on any atom is 0.336 e. The summed E-state index contributed by atoms with van der Waals surface area (Å²) in [5.74, 6) is -0.394. The molecule has 0 saturated carbocycles. The Morgan fingerprint density at radius 3 is 2.50 bits per heavy atom. The van der Waals surface area contributed by atoms with E-state index in [-0.39, 0.29) is 16.9 Å². The van der Waals surface area contributed by atoms with Gasteiger partial charge in [0.1, 0.15) is 17.1 Å². The molecule has 0 aliphatic carbocycles. The molecule has 0 spiro atoms. The van der Waals surface area contributed by atoms with Crippen LogP contribution in [0, 0.1) is 0 Å². The molecule has 1 N–H and O–H groups in total. The van der Waals surface area contributed by atoms with Crippen molar-refractivity contribution in [1.29, 1.82) is 0 Å². The lowest BCUT2D eigenvalue weighted by Crippen LogP contribution is -2.07. The molecule has 0 saturated heterocycles. The van der Waals surface area contributed by atoms with Crippen molar-refractivity contribution in [3.05, 3.63) is 70.1 Å². The zero-order valence-corrected chi connectivity index (χ0v) is 14.7. The van der Waals surface area contributed by atoms with Gasteiger partial charge in [0.05, 0.1) is 12.5 Å². The third-order valence-corrected chi connectivity index (χ3v) is 4.28. The van der Waals surface area contributed by atoms with Gasteiger partial charge in [0.25, 0.3) is 0 Å². The quantitative estimate of drug-likeness (QED) is 0.431. The lowest BCUT2D eigenvalue weighted by Gasteiger charge is -2.14. The van der Waals surface area contributed by atoms with Crippen LogP contribution in [0.2, 0.25) is 0 Å². The van der Waals surface area contributed by atoms with Crippen LogP contribution in [-0.4, -0.2) is 18.0 Å². The molecule has 0 bridgehead atoms. The third kappa shape index (κ3) is 2.88. The van der Waals surface area contributed by atoms with Gasteiger partial charge in [0.15, 0.2) is 11.4 Å². The summed E-state index contributed by atoms with van der Waals surface area (Å²) in [6.45, 7) is 3.36. The molecule has 0 unspecified atom stereocenters. The second kappa shape index (κ2) is 6.88. The van der Waals surface area contributed by atoms with Crippen LogP contribution in [-0.2, 0) is 0 Å². The number of benzene rings is 2. The van der Waals surface area contributed by atoms with E-state index in [1.165, 1.54) is 19.2 Å². The van der Waals surface area contributed by atoms with Gasteiger partial charge in [-0.25, -0.2) is 4.79 Å². The van der Waals surface area contributed by atoms with Crippen LogP contribution in [0.15, 0.2) is 63.3 Å². The Bertz CT molecular complexity index is 1070. The summed E-state index contributed by atoms with van der Waals surface area (Å²) in [5, 5.41) is 10.9. The third-order valence-electron chi connectivity index (χ3n) is 4.28. The minimum absolute atomic E-state index is 0.0133. The molecule has 5 nitrogen and oxygen atoms in total. The summed E-state index contributed by atoms with van der Waals surface area (Å²) >= 11 is 0. The number of rotatable bonds is 4. The molecule has 0 aliphatic rings. The zero-order valence-electron chi connectivity index (χ0n) is 14.7. The summed E-state index contributed by atoms with van der Waals surface area (Å²) in [5.41, 5.74) is 1.12. The number of ether oxygens (including phenoxy) is 1. The van der Waals surface area contributed by atoms with Gasteiger partial charge in [0, 0.05) is 17.7 Å². The van der Waals surface area contributed by atoms with Crippen molar-refractivity contribution in [3.8, 4) is 22.6 Å². The van der Waals surface area contributed by atoms with Gasteiger partial charge in [-0.15, -0.1) is 0 Å². The second-order valence-corrected chi connectivity index (χ2v) is 5.82. The van der Waals surface area contributed by atoms with Gasteiger partial charge >= 0.3 is 5.63 Å². The first kappa shape index (κ1) is 17.5. The zero-order chi connectivity index (χ0) is 18.8. The summed E-state index contributed by atoms with van der Waals surface area (Å²) < 4.78 is 10.7. The average Bonchev–Trinajstić information content (AvgIpc) is 2.66. The topological polar surface area (TPSA) is 76.7 Å². The van der Waals surface area contributed by atoms with Crippen LogP contribution >= 0.6 is 0 Å². The molecule has 1 heterocycles. The molecular formula is C21H18O5. The lowest BCUT2D eigenvalue weighted by molar-refractivity contribution is 0.103. The highest BCUT2D eigenvalue weighted by atomic mass is 16.5. The first-order valence-corrected chi connectivity index (χ1v) is 8.08. The molecule has 26 heavy (non-hydrogen) atoms. The Labute approximate surface area is 150 Å². The molecule has 0 fully saturated rings. The van der Waals surface area contributed by atoms with Crippen molar-refractivity contribution in [3.63, 3.8) is 0 Å². The molecule has 132 valence electrons. The van der Waals surface area contributed by atoms with E-state index >= 15 is 0 Å². The minimum atomic E-state index is -0.615. The van der Waals surface area contributed by atoms with Crippen LogP contribution in [0.3, 0.4) is 0 Å². The first-order chi connectivity index (χ1) is 12.5. The van der Waals surface area contributed by atoms with Gasteiger partial charge < -0.3 is 14.3 Å². The fourth-order valence-electron chi connectivity index (χ4n) is 2.85. The standard InChI is InChI=1S/C21H18O5/c1-4-12(2)20(24)19-15(22)11-16(25-3)18-14(10-17(23)26-21(18)19)13-8-6-5-7-9-13/h4-11,22H,1-3H3/b12-4+. The number of phenols is 1. The Balaban J connectivity index is 2.50. The highest BCUT2D eigenvalue weighted by Crippen LogP contribution is 2.40. The van der Waals surface area contributed by atoms with E-state index in [9.17, 15) is 14.7 Å². The van der Waals surface area contributed by atoms with E-state index in [0.717, 1.165) is 5.56 Å². The molecule has 3 rings (SSSR count). The molecule has 5 heteroatoms. The maximum atomic E-state index is 12.7. The van der Waals surface area contributed by atoms with E-state index in [4.69, 9.17) is 9.15 Å². The molecule has 0 aliphatic heterocycles. The number of Topliss-reactive ketones (excluding diaryl/α,β-unsaturated/α-hetero) is 1. The summed E-state index contributed by atoms with van der Waals surface area (Å²) in [7, 11) is 1.45. The molecule has 0 amide bonds. The average molecular weight is 350 g/mol. The van der Waals surface area contributed by atoms with Crippen LogP contribution in [0.1, 0.15) is 24.2 Å². The number of allylic oxidation sites excluding steroid dienone is 2. The fraction of sp³-hybridized carbons (Fsp3) is 0.143. The van der Waals surface area contributed by atoms with Crippen LogP contribution < -0.4 is 10.4 Å². The Morgan fingerprint density at radius 1 is 1.19 bits per heavy atom. The summed E-state index contributed by atoms with van der Waals surface area (Å²) in [6, 6.07) is 12.0. The number of aromatic hydroxyl groups is 1. The number of carbonyl (C=O) groups excluding carboxylic acids is 1. The molecule has 3 aromatic rings. The fourth-order valence-corrected chi connectivity index (χ4v) is 2.85. The molecule has 2 aromatic carbocycles. The monoisotopic (exact) mass is 350 g/mol. The van der Waals surface area contributed by atoms with E-state index in [1.54, 1.807) is 19.9 Å². The number of carbonyl (C=O) groups is 1. The predicted octanol–water partition coefficient (Wildman–Crippen LogP) is 4.32. The van der Waals surface area contributed by atoms with Gasteiger partial charge in [0.2, 0.25) is 0 Å². The van der Waals surface area contributed by atoms with Crippen LogP contribution in [0.5, 0.6) is 11.5 Å². The first-order valence-electron chi connectivity index (χ1n) is 8.08. The van der Waals surface area contributed by atoms with Crippen molar-refractivity contribution < 1.29 is 19.1 Å². The highest BCUT2D eigenvalue weighted by molar-refractivity contribution is 6.18. The minimum Gasteiger partial charge on any atom is -0.507 e. The molecule has 1 aromatic heterocycles. The number of fused-ring (bicyclic) bond motifs is 1. The predicted molar refractivity (Wildman–Crippen MR) is 99.9 cm³/mol. The van der Waals surface area contributed by atoms with Gasteiger partial charge in [-0.3, -0.25) is 4.79 Å². The SMILES string of the molecule is C/C=C(\C)C(=O)c1c(O)cc(OC)c2c(-c3ccccc3)cc(=O)oc12. The molecule has 0 radical (unpaired) electrons. The normalized spacial score (nSPS) is 11.6. The van der Waals surface area contributed by atoms with Gasteiger partial charge in [-0.05, 0) is 25.0 Å². The number of hydrogen-bond acceptors (Lipinski definition) is 5. The summed E-state index contributed by atoms with van der Waals surface area (Å²) in [4.78, 5) is 24.9. The van der Waals surface area contributed by atoms with Crippen molar-refractivity contribution >= 4 is 16.8 Å². The van der Waals surface area contributed by atoms with Crippen molar-refractivity contribution in [1.82, 2.24) is 0 Å². The maximum absolute atomic E-state index is 12.7. The van der Waals surface area contributed by atoms with Gasteiger partial charge in [-0.2, -0.15) is 0 Å². The smallest absolute Gasteiger partial charge is 0.336 e. The van der Waals surface area contributed by atoms with E-state index in [2.05, 4.69) is 0 Å². The summed E-state index contributed by atoms with van der Waals surface area (Å²) in [6.07, 6.45) is 1.64. The largest absolute Gasteiger partial charge is 0.507 e. The van der Waals surface area contributed by atoms with E-state index in [1.807, 2.05) is 30.3 Å². The lowest BCUT2D eigenvalue weighted by atomic mass is 9.95. The van der Waals surface area contributed by atoms with Crippen LogP contribution in [0.25, 0.3) is 22.1 Å². The number of hydrogen-bond donors (Lipinski definition) is 1. The number of methoxy groups -OCH3 is 1. The Hall–Kier alpha value is -3.34. The Morgan fingerprint density at radius 2 is 1.88 bits per heavy atom. The number of ketones is 1. The second-order valence-electron chi connectivity index (χ2n) is 5.82. The van der Waals surface area contributed by atoms with Crippen molar-refractivity contribution in [2.75, 3.05) is 7.11 Å². The van der Waals surface area contributed by atoms with Crippen LogP contribution in [0.4, 0.5) is 0 Å². The molecule has 0 atom stereocenters. The van der Waals surface area contributed by atoms with E-state index in [0.29, 0.717) is 22.3 Å². The highest BCUT2D eigenvalue weighted by Gasteiger charge is 2.24. The van der Waals surface area contributed by atoms with Crippen molar-refractivity contribution in [2.45, 2.75) is 13.8 Å². The molecular weight excluding hydrogens is 332 g/mol.